The van der Waals surface area contributed by atoms with Gasteiger partial charge in [0.05, 0.1) is 17.9 Å². The number of nitrogens with one attached hydrogen (secondary N) is 2. The van der Waals surface area contributed by atoms with Crippen molar-refractivity contribution in [1.82, 2.24) is 5.43 Å². The molecule has 0 fully saturated rings. The van der Waals surface area contributed by atoms with Crippen molar-refractivity contribution in [3.8, 4) is 0 Å². The molecule has 1 aliphatic rings. The number of para-hydroxylation sites is 1. The average Bonchev–Trinajstić information content (AvgIpc) is 3.12. The number of carbonyl (C=O) groups is 1. The number of primary sulfonamides is 1. The first-order valence-corrected chi connectivity index (χ1v) is 13.4. The van der Waals surface area contributed by atoms with Crippen molar-refractivity contribution in [1.29, 1.82) is 0 Å². The molecule has 0 aromatic heterocycles. The van der Waals surface area contributed by atoms with E-state index in [0.717, 1.165) is 16.3 Å². The van der Waals surface area contributed by atoms with Gasteiger partial charge < -0.3 is 10.2 Å². The van der Waals surface area contributed by atoms with Crippen LogP contribution in [0.25, 0.3) is 10.8 Å². The van der Waals surface area contributed by atoms with E-state index in [9.17, 15) is 13.2 Å². The summed E-state index contributed by atoms with van der Waals surface area (Å²) in [7, 11) is -3.97. The molecule has 5 rings (SSSR count). The van der Waals surface area contributed by atoms with E-state index in [2.05, 4.69) is 15.8 Å². The third-order valence-corrected chi connectivity index (χ3v) is 7.27. The Morgan fingerprint density at radius 2 is 1.73 bits per heavy atom. The number of hydrogen-bond acceptors (Lipinski definition) is 5. The van der Waals surface area contributed by atoms with E-state index < -0.39 is 10.0 Å². The van der Waals surface area contributed by atoms with Crippen LogP contribution in [-0.4, -0.2) is 25.1 Å². The molecule has 0 unspecified atom stereocenters. The summed E-state index contributed by atoms with van der Waals surface area (Å²) in [4.78, 5) is 15.0. The molecule has 11 heteroatoms. The molecule has 0 bridgehead atoms. The van der Waals surface area contributed by atoms with Gasteiger partial charge >= 0.3 is 0 Å². The lowest BCUT2D eigenvalue weighted by Gasteiger charge is -2.18. The van der Waals surface area contributed by atoms with Gasteiger partial charge in [-0.05, 0) is 58.9 Å². The summed E-state index contributed by atoms with van der Waals surface area (Å²) >= 11 is 11.6. The highest BCUT2D eigenvalue weighted by molar-refractivity contribution is 7.89. The first-order chi connectivity index (χ1) is 17.7. The quantitative estimate of drug-likeness (QED) is 0.251. The maximum atomic E-state index is 13.5. The van der Waals surface area contributed by atoms with Crippen molar-refractivity contribution in [2.24, 2.45) is 10.2 Å². The molecule has 186 valence electrons. The fourth-order valence-corrected chi connectivity index (χ4v) is 5.24. The number of nitrogens with zero attached hydrogens (tertiary/aromatic N) is 2. The number of rotatable bonds is 5. The van der Waals surface area contributed by atoms with Crippen LogP contribution in [0.3, 0.4) is 0 Å². The minimum atomic E-state index is -3.97. The van der Waals surface area contributed by atoms with Crippen molar-refractivity contribution in [3.63, 3.8) is 0 Å². The van der Waals surface area contributed by atoms with Crippen molar-refractivity contribution in [2.45, 2.75) is 11.4 Å². The number of anilines is 2. The Balaban J connectivity index is 1.43. The maximum absolute atomic E-state index is 13.5. The summed E-state index contributed by atoms with van der Waals surface area (Å²) in [5, 5.41) is 14.9. The van der Waals surface area contributed by atoms with Gasteiger partial charge in [0, 0.05) is 10.6 Å². The van der Waals surface area contributed by atoms with Crippen LogP contribution >= 0.6 is 23.8 Å². The van der Waals surface area contributed by atoms with Gasteiger partial charge in [-0.2, -0.15) is 5.10 Å². The Morgan fingerprint density at radius 3 is 2.54 bits per heavy atom. The molecule has 0 radical (unpaired) electrons. The number of nitrogens with two attached hydrogens (primary N) is 1. The summed E-state index contributed by atoms with van der Waals surface area (Å²) in [6, 6.07) is 25.1. The minimum absolute atomic E-state index is 0.0144. The lowest BCUT2D eigenvalue weighted by atomic mass is 10.0. The highest BCUT2D eigenvalue weighted by atomic mass is 35.5. The largest absolute Gasteiger partial charge is 0.330 e. The average molecular weight is 550 g/mol. The highest BCUT2D eigenvalue weighted by Crippen LogP contribution is 2.34. The molecular weight excluding hydrogens is 530 g/mol. The van der Waals surface area contributed by atoms with Crippen LogP contribution in [0, 0.1) is 0 Å². The zero-order valence-electron chi connectivity index (χ0n) is 19.2. The molecule has 4 aromatic rings. The number of thiocarbonyl (C=S) groups is 1. The van der Waals surface area contributed by atoms with Crippen LogP contribution in [0.4, 0.5) is 11.4 Å². The Kier molecular flexibility index (Phi) is 6.65. The zero-order valence-corrected chi connectivity index (χ0v) is 21.6. The summed E-state index contributed by atoms with van der Waals surface area (Å²) in [5.41, 5.74) is 5.18. The fraction of sp³-hybridized carbons (Fsp3) is 0.0385. The lowest BCUT2D eigenvalue weighted by Crippen LogP contribution is -2.32. The number of halogens is 1. The number of amides is 1. The molecule has 8 nitrogen and oxygen atoms in total. The van der Waals surface area contributed by atoms with E-state index in [1.165, 1.54) is 12.1 Å². The van der Waals surface area contributed by atoms with E-state index in [4.69, 9.17) is 29.0 Å². The predicted molar refractivity (Wildman–Crippen MR) is 150 cm³/mol. The van der Waals surface area contributed by atoms with Crippen LogP contribution in [0.1, 0.15) is 11.1 Å². The molecule has 0 saturated heterocycles. The standard InChI is InChI=1S/C26H20ClN5O3S2/c27-18-12-13-20-22(14-18)32(15-17-8-5-7-16-6-1-2-9-19(16)17)25(33)24(20)30-31-26(36)29-21-10-3-4-11-23(21)37(28,34)35/h1-14H,15H2,(H2,28,34,35)(H2,29,31,36). The number of hydrazone groups is 1. The van der Waals surface area contributed by atoms with Crippen molar-refractivity contribution < 1.29 is 13.2 Å². The normalized spacial score (nSPS) is 14.2. The van der Waals surface area contributed by atoms with Crippen LogP contribution in [-0.2, 0) is 21.4 Å². The topological polar surface area (TPSA) is 117 Å². The number of hydrogen-bond donors (Lipinski definition) is 3. The molecule has 1 heterocycles. The van der Waals surface area contributed by atoms with Crippen molar-refractivity contribution in [3.05, 3.63) is 101 Å². The number of sulfonamides is 1. The molecule has 0 aliphatic carbocycles. The highest BCUT2D eigenvalue weighted by Gasteiger charge is 2.34. The van der Waals surface area contributed by atoms with Gasteiger partial charge in [-0.25, -0.2) is 13.6 Å². The Labute approximate surface area is 223 Å². The molecular formula is C26H20ClN5O3S2. The van der Waals surface area contributed by atoms with Gasteiger partial charge in [-0.3, -0.25) is 10.2 Å². The van der Waals surface area contributed by atoms with Crippen LogP contribution in [0.2, 0.25) is 5.02 Å². The molecule has 1 amide bonds. The first kappa shape index (κ1) is 24.8. The molecule has 0 atom stereocenters. The van der Waals surface area contributed by atoms with Gasteiger partial charge in [-0.1, -0.05) is 66.2 Å². The zero-order chi connectivity index (χ0) is 26.2. The molecule has 0 saturated carbocycles. The number of fused-ring (bicyclic) bond motifs is 2. The second-order valence-corrected chi connectivity index (χ2v) is 10.6. The lowest BCUT2D eigenvalue weighted by molar-refractivity contribution is -0.112. The maximum Gasteiger partial charge on any atom is 0.279 e. The predicted octanol–water partition coefficient (Wildman–Crippen LogP) is 4.38. The van der Waals surface area contributed by atoms with E-state index in [1.807, 2.05) is 42.5 Å². The van der Waals surface area contributed by atoms with Gasteiger partial charge in [0.2, 0.25) is 10.0 Å². The van der Waals surface area contributed by atoms with Crippen molar-refractivity contribution >= 4 is 72.7 Å². The summed E-state index contributed by atoms with van der Waals surface area (Å²) in [6.45, 7) is 0.316. The van der Waals surface area contributed by atoms with E-state index >= 15 is 0 Å². The Bertz CT molecular complexity index is 1700. The van der Waals surface area contributed by atoms with E-state index in [-0.39, 0.29) is 27.3 Å². The summed E-state index contributed by atoms with van der Waals surface area (Å²) in [6.07, 6.45) is 0. The summed E-state index contributed by atoms with van der Waals surface area (Å²) in [5.74, 6) is -0.328. The third kappa shape index (κ3) is 5.05. The molecule has 1 aliphatic heterocycles. The molecule has 4 aromatic carbocycles. The van der Waals surface area contributed by atoms with Crippen LogP contribution < -0.4 is 20.8 Å². The molecule has 4 N–H and O–H groups in total. The Hall–Kier alpha value is -3.83. The number of benzene rings is 4. The smallest absolute Gasteiger partial charge is 0.279 e. The van der Waals surface area contributed by atoms with Gasteiger partial charge in [0.1, 0.15) is 4.90 Å². The minimum Gasteiger partial charge on any atom is -0.330 e. The van der Waals surface area contributed by atoms with Crippen LogP contribution in [0.15, 0.2) is 94.9 Å². The van der Waals surface area contributed by atoms with Crippen LogP contribution in [0.5, 0.6) is 0 Å². The number of carbonyl (C=O) groups excluding carboxylic acids is 1. The molecule has 37 heavy (non-hydrogen) atoms. The van der Waals surface area contributed by atoms with Gasteiger partial charge in [-0.15, -0.1) is 0 Å². The summed E-state index contributed by atoms with van der Waals surface area (Å²) < 4.78 is 23.7. The van der Waals surface area contributed by atoms with Gasteiger partial charge in [0.25, 0.3) is 5.91 Å². The second kappa shape index (κ2) is 9.91. The second-order valence-electron chi connectivity index (χ2n) is 8.26. The first-order valence-electron chi connectivity index (χ1n) is 11.1. The van der Waals surface area contributed by atoms with Gasteiger partial charge in [0.15, 0.2) is 10.8 Å². The van der Waals surface area contributed by atoms with Crippen molar-refractivity contribution in [2.75, 3.05) is 10.2 Å². The molecule has 0 spiro atoms. The monoisotopic (exact) mass is 549 g/mol. The van der Waals surface area contributed by atoms with E-state index in [1.54, 1.807) is 35.2 Å². The third-order valence-electron chi connectivity index (χ3n) is 5.87. The fourth-order valence-electron chi connectivity index (χ4n) is 4.22. The Morgan fingerprint density at radius 1 is 1.00 bits per heavy atom. The SMILES string of the molecule is NS(=O)(=O)c1ccccc1NC(=S)NN=C1C(=O)N(Cc2cccc3ccccc23)c2cc(Cl)ccc21. The van der Waals surface area contributed by atoms with E-state index in [0.29, 0.717) is 22.8 Å².